The molecule has 0 unspecified atom stereocenters. The lowest BCUT2D eigenvalue weighted by atomic mass is 10.1. The van der Waals surface area contributed by atoms with E-state index < -0.39 is 0 Å². The van der Waals surface area contributed by atoms with Gasteiger partial charge in [-0.15, -0.1) is 0 Å². The number of aryl methyl sites for hydroxylation is 2. The molecule has 134 valence electrons. The minimum Gasteiger partial charge on any atom is -0.493 e. The van der Waals surface area contributed by atoms with Crippen molar-refractivity contribution in [2.24, 2.45) is 5.73 Å². The van der Waals surface area contributed by atoms with Crippen LogP contribution < -0.4 is 10.5 Å². The first-order valence-electron chi connectivity index (χ1n) is 8.70. The highest BCUT2D eigenvalue weighted by Gasteiger charge is 2.07. The third-order valence-corrected chi connectivity index (χ3v) is 4.05. The number of hydrogen-bond acceptors (Lipinski definition) is 4. The number of carbonyl (C=O) groups is 1. The molecule has 1 aliphatic rings. The summed E-state index contributed by atoms with van der Waals surface area (Å²) < 4.78 is 11.0. The van der Waals surface area contributed by atoms with Gasteiger partial charge in [0.15, 0.2) is 0 Å². The van der Waals surface area contributed by atoms with Gasteiger partial charge in [0.05, 0.1) is 6.61 Å². The number of primary amides is 1. The fourth-order valence-corrected chi connectivity index (χ4v) is 2.72. The number of rotatable bonds is 4. The van der Waals surface area contributed by atoms with Crippen LogP contribution in [0.4, 0.5) is 0 Å². The number of hydrogen-bond donors (Lipinski definition) is 1. The first-order chi connectivity index (χ1) is 12.7. The number of fused-ring (bicyclic) bond motifs is 1. The summed E-state index contributed by atoms with van der Waals surface area (Å²) in [7, 11) is 0. The van der Waals surface area contributed by atoms with Gasteiger partial charge < -0.3 is 14.9 Å². The van der Waals surface area contributed by atoms with Gasteiger partial charge >= 0.3 is 0 Å². The quantitative estimate of drug-likeness (QED) is 0.777. The molecule has 5 nitrogen and oxygen atoms in total. The third kappa shape index (κ3) is 4.96. The van der Waals surface area contributed by atoms with E-state index in [4.69, 9.17) is 14.9 Å². The molecule has 2 N–H and O–H groups in total. The molecule has 4 rings (SSSR count). The summed E-state index contributed by atoms with van der Waals surface area (Å²) in [4.78, 5) is 14.6. The Morgan fingerprint density at radius 2 is 2.00 bits per heavy atom. The molecule has 1 aromatic carbocycles. The molecule has 0 spiro atoms. The zero-order chi connectivity index (χ0) is 18.2. The standard InChI is InChI=1S/C12H12N2O2.C9H10O/c13-12(15)6-4-10-3-5-11(16-10)9-2-1-7-14-8-9;1-2-6-9-8(4-1)5-3-7-10-9/h1-3,5,7-8H,4,6H2,(H2,13,15);1-2,4,6H,3,5,7H2. The predicted octanol–water partition coefficient (Wildman–Crippen LogP) is 3.77. The Bertz CT molecular complexity index is 818. The highest BCUT2D eigenvalue weighted by atomic mass is 16.5. The Hall–Kier alpha value is -3.08. The van der Waals surface area contributed by atoms with Crippen LogP contribution in [0.5, 0.6) is 5.75 Å². The molecule has 0 saturated heterocycles. The van der Waals surface area contributed by atoms with Gasteiger partial charge in [-0.05, 0) is 48.7 Å². The van der Waals surface area contributed by atoms with Crippen LogP contribution in [-0.4, -0.2) is 17.5 Å². The summed E-state index contributed by atoms with van der Waals surface area (Å²) in [5, 5.41) is 0. The van der Waals surface area contributed by atoms with Crippen molar-refractivity contribution in [3.63, 3.8) is 0 Å². The smallest absolute Gasteiger partial charge is 0.217 e. The van der Waals surface area contributed by atoms with Crippen LogP contribution in [0, 0.1) is 0 Å². The lowest BCUT2D eigenvalue weighted by molar-refractivity contribution is -0.118. The number of ether oxygens (including phenoxy) is 1. The summed E-state index contributed by atoms with van der Waals surface area (Å²) >= 11 is 0. The molecule has 1 aliphatic heterocycles. The molecule has 26 heavy (non-hydrogen) atoms. The molecule has 0 fully saturated rings. The van der Waals surface area contributed by atoms with Gasteiger partial charge in [-0.25, -0.2) is 0 Å². The number of para-hydroxylation sites is 1. The van der Waals surface area contributed by atoms with Crippen LogP contribution in [0.1, 0.15) is 24.2 Å². The van der Waals surface area contributed by atoms with Gasteiger partial charge in [0.2, 0.25) is 5.91 Å². The maximum Gasteiger partial charge on any atom is 0.217 e. The second-order valence-electron chi connectivity index (χ2n) is 6.03. The zero-order valence-electron chi connectivity index (χ0n) is 14.6. The van der Waals surface area contributed by atoms with E-state index in [2.05, 4.69) is 17.1 Å². The van der Waals surface area contributed by atoms with Crippen molar-refractivity contribution >= 4 is 5.91 Å². The van der Waals surface area contributed by atoms with Gasteiger partial charge in [0, 0.05) is 30.8 Å². The molecule has 0 atom stereocenters. The molecule has 1 amide bonds. The first kappa shape index (κ1) is 17.7. The van der Waals surface area contributed by atoms with Gasteiger partial charge in [-0.2, -0.15) is 0 Å². The minimum atomic E-state index is -0.320. The number of nitrogens with zero attached hydrogens (tertiary/aromatic N) is 1. The number of benzene rings is 1. The number of pyridine rings is 1. The molecule has 0 radical (unpaired) electrons. The fraction of sp³-hybridized carbons (Fsp3) is 0.238. The second kappa shape index (κ2) is 8.85. The van der Waals surface area contributed by atoms with Crippen molar-refractivity contribution in [3.05, 3.63) is 72.2 Å². The Morgan fingerprint density at radius 3 is 2.77 bits per heavy atom. The van der Waals surface area contributed by atoms with E-state index in [9.17, 15) is 4.79 Å². The topological polar surface area (TPSA) is 78.4 Å². The number of carbonyl (C=O) groups excluding carboxylic acids is 1. The zero-order valence-corrected chi connectivity index (χ0v) is 14.6. The molecule has 3 heterocycles. The minimum absolute atomic E-state index is 0.306. The van der Waals surface area contributed by atoms with E-state index >= 15 is 0 Å². The first-order valence-corrected chi connectivity index (χ1v) is 8.70. The number of amides is 1. The average molecular weight is 350 g/mol. The van der Waals surface area contributed by atoms with Crippen molar-refractivity contribution in [1.29, 1.82) is 0 Å². The molecule has 0 aliphatic carbocycles. The molecule has 0 bridgehead atoms. The number of nitrogens with two attached hydrogens (primary N) is 1. The predicted molar refractivity (Wildman–Crippen MR) is 99.7 cm³/mol. The van der Waals surface area contributed by atoms with Crippen molar-refractivity contribution in [2.75, 3.05) is 6.61 Å². The average Bonchev–Trinajstić information content (AvgIpc) is 3.17. The maximum atomic E-state index is 10.6. The van der Waals surface area contributed by atoms with Crippen LogP contribution in [0.2, 0.25) is 0 Å². The van der Waals surface area contributed by atoms with Crippen LogP contribution in [0.15, 0.2) is 65.3 Å². The number of furan rings is 1. The molecule has 0 saturated carbocycles. The summed E-state index contributed by atoms with van der Waals surface area (Å²) in [6.07, 6.45) is 6.62. The lowest BCUT2D eigenvalue weighted by Gasteiger charge is -2.15. The Labute approximate surface area is 152 Å². The molecular formula is C21H22N2O3. The largest absolute Gasteiger partial charge is 0.493 e. The molecule has 3 aromatic rings. The Balaban J connectivity index is 0.000000167. The van der Waals surface area contributed by atoms with E-state index in [-0.39, 0.29) is 5.91 Å². The van der Waals surface area contributed by atoms with E-state index in [1.807, 2.05) is 36.4 Å². The molecule has 5 heteroatoms. The summed E-state index contributed by atoms with van der Waals surface area (Å²) in [5.74, 6) is 2.28. The van der Waals surface area contributed by atoms with E-state index in [1.54, 1.807) is 12.4 Å². The summed E-state index contributed by atoms with van der Waals surface area (Å²) in [5.41, 5.74) is 7.35. The third-order valence-electron chi connectivity index (χ3n) is 4.05. The van der Waals surface area contributed by atoms with Crippen molar-refractivity contribution in [2.45, 2.75) is 25.7 Å². The van der Waals surface area contributed by atoms with Crippen LogP contribution in [-0.2, 0) is 17.6 Å². The summed E-state index contributed by atoms with van der Waals surface area (Å²) in [6.45, 7) is 0.886. The van der Waals surface area contributed by atoms with Crippen molar-refractivity contribution in [3.8, 4) is 17.1 Å². The van der Waals surface area contributed by atoms with Gasteiger partial charge in [0.25, 0.3) is 0 Å². The molecular weight excluding hydrogens is 328 g/mol. The summed E-state index contributed by atoms with van der Waals surface area (Å²) in [6, 6.07) is 15.7. The monoisotopic (exact) mass is 350 g/mol. The van der Waals surface area contributed by atoms with Gasteiger partial charge in [-0.3, -0.25) is 9.78 Å². The normalized spacial score (nSPS) is 12.3. The van der Waals surface area contributed by atoms with Gasteiger partial charge in [0.1, 0.15) is 17.3 Å². The molecule has 2 aromatic heterocycles. The van der Waals surface area contributed by atoms with E-state index in [0.29, 0.717) is 12.8 Å². The highest BCUT2D eigenvalue weighted by Crippen LogP contribution is 2.23. The maximum absolute atomic E-state index is 10.6. The van der Waals surface area contributed by atoms with E-state index in [1.165, 1.54) is 12.0 Å². The number of aromatic nitrogens is 1. The fourth-order valence-electron chi connectivity index (χ4n) is 2.72. The Kier molecular flexibility index (Phi) is 6.04. The van der Waals surface area contributed by atoms with E-state index in [0.717, 1.165) is 35.9 Å². The SMILES string of the molecule is NC(=O)CCc1ccc(-c2cccnc2)o1.c1ccc2c(c1)CCCO2. The Morgan fingerprint density at radius 1 is 1.12 bits per heavy atom. The van der Waals surface area contributed by atoms with Crippen molar-refractivity contribution in [1.82, 2.24) is 4.98 Å². The second-order valence-corrected chi connectivity index (χ2v) is 6.03. The van der Waals surface area contributed by atoms with Crippen molar-refractivity contribution < 1.29 is 13.9 Å². The van der Waals surface area contributed by atoms with Crippen LogP contribution in [0.25, 0.3) is 11.3 Å². The van der Waals surface area contributed by atoms with Gasteiger partial charge in [-0.1, -0.05) is 18.2 Å². The lowest BCUT2D eigenvalue weighted by Crippen LogP contribution is -2.10. The van der Waals surface area contributed by atoms with Crippen LogP contribution >= 0.6 is 0 Å². The highest BCUT2D eigenvalue weighted by molar-refractivity contribution is 5.73. The van der Waals surface area contributed by atoms with Crippen LogP contribution in [0.3, 0.4) is 0 Å².